The maximum absolute atomic E-state index is 13.8. The minimum absolute atomic E-state index is 0.434. The second kappa shape index (κ2) is 6.12. The van der Waals surface area contributed by atoms with Crippen LogP contribution in [-0.2, 0) is 9.84 Å². The van der Waals surface area contributed by atoms with Crippen molar-refractivity contribution in [3.63, 3.8) is 0 Å². The normalized spacial score (nSPS) is 12.8. The van der Waals surface area contributed by atoms with Gasteiger partial charge in [0.15, 0.2) is 0 Å². The molecular weight excluding hydrogens is 310 g/mol. The third kappa shape index (κ3) is 4.45. The van der Waals surface area contributed by atoms with Gasteiger partial charge in [0, 0.05) is 18.4 Å². The first kappa shape index (κ1) is 17.0. The molecule has 1 atom stereocenters. The zero-order valence-electron chi connectivity index (χ0n) is 11.1. The van der Waals surface area contributed by atoms with Crippen LogP contribution in [0.2, 0.25) is 0 Å². The monoisotopic (exact) mass is 322 g/mol. The van der Waals surface area contributed by atoms with Gasteiger partial charge in [-0.3, -0.25) is 14.9 Å². The molecule has 1 aromatic rings. The minimum Gasteiger partial charge on any atom is -0.348 e. The van der Waals surface area contributed by atoms with Crippen LogP contribution in [0.1, 0.15) is 17.3 Å². The van der Waals surface area contributed by atoms with Crippen molar-refractivity contribution in [1.29, 1.82) is 0 Å². The number of halogens is 2. The van der Waals surface area contributed by atoms with Crippen molar-refractivity contribution in [2.45, 2.75) is 13.0 Å². The highest BCUT2D eigenvalue weighted by atomic mass is 32.2. The summed E-state index contributed by atoms with van der Waals surface area (Å²) >= 11 is 0. The molecule has 0 spiro atoms. The Kier molecular flexibility index (Phi) is 4.94. The predicted molar refractivity (Wildman–Crippen MR) is 69.7 cm³/mol. The molecule has 116 valence electrons. The molecule has 0 aliphatic heterocycles. The summed E-state index contributed by atoms with van der Waals surface area (Å²) in [6.07, 6.45) is 0.935. The zero-order chi connectivity index (χ0) is 16.4. The predicted octanol–water partition coefficient (Wildman–Crippen LogP) is 1.04. The fraction of sp³-hybridized carbons (Fsp3) is 0.364. The molecule has 0 radical (unpaired) electrons. The Morgan fingerprint density at radius 3 is 2.48 bits per heavy atom. The van der Waals surface area contributed by atoms with Gasteiger partial charge in [-0.15, -0.1) is 0 Å². The second-order valence-corrected chi connectivity index (χ2v) is 6.66. The quantitative estimate of drug-likeness (QED) is 0.644. The van der Waals surface area contributed by atoms with Gasteiger partial charge in [-0.1, -0.05) is 0 Å². The maximum Gasteiger partial charge on any atom is 0.305 e. The lowest BCUT2D eigenvalue weighted by Crippen LogP contribution is -2.38. The van der Waals surface area contributed by atoms with Crippen LogP contribution in [0.15, 0.2) is 12.1 Å². The first-order chi connectivity index (χ1) is 9.53. The maximum atomic E-state index is 13.8. The number of rotatable bonds is 5. The van der Waals surface area contributed by atoms with Crippen molar-refractivity contribution in [2.24, 2.45) is 0 Å². The standard InChI is InChI=1S/C11H12F2N2O5S/c1-6(5-21(2,19)20)14-11(16)9-7(12)3-4-8(10(9)13)15(17)18/h3-4,6H,5H2,1-2H3,(H,14,16). The number of carbonyl (C=O) groups is 1. The van der Waals surface area contributed by atoms with Crippen molar-refractivity contribution in [3.05, 3.63) is 39.4 Å². The van der Waals surface area contributed by atoms with Crippen LogP contribution in [0.25, 0.3) is 0 Å². The number of nitro groups is 1. The van der Waals surface area contributed by atoms with Gasteiger partial charge < -0.3 is 5.32 Å². The zero-order valence-corrected chi connectivity index (χ0v) is 11.9. The second-order valence-electron chi connectivity index (χ2n) is 4.48. The van der Waals surface area contributed by atoms with Crippen molar-refractivity contribution in [3.8, 4) is 0 Å². The molecule has 0 aromatic heterocycles. The highest BCUT2D eigenvalue weighted by molar-refractivity contribution is 7.90. The van der Waals surface area contributed by atoms with Gasteiger partial charge >= 0.3 is 5.69 Å². The van der Waals surface area contributed by atoms with Crippen LogP contribution < -0.4 is 5.32 Å². The Bertz CT molecular complexity index is 690. The average Bonchev–Trinajstić information content (AvgIpc) is 2.24. The van der Waals surface area contributed by atoms with E-state index in [2.05, 4.69) is 5.32 Å². The van der Waals surface area contributed by atoms with Crippen LogP contribution in [0.3, 0.4) is 0 Å². The Morgan fingerprint density at radius 1 is 1.43 bits per heavy atom. The van der Waals surface area contributed by atoms with E-state index in [1.165, 1.54) is 6.92 Å². The molecule has 21 heavy (non-hydrogen) atoms. The molecular formula is C11H12F2N2O5S. The number of nitrogens with zero attached hydrogens (tertiary/aromatic N) is 1. The van der Waals surface area contributed by atoms with E-state index in [1.54, 1.807) is 0 Å². The first-order valence-electron chi connectivity index (χ1n) is 5.64. The third-order valence-electron chi connectivity index (χ3n) is 2.42. The van der Waals surface area contributed by atoms with Gasteiger partial charge in [0.2, 0.25) is 5.82 Å². The summed E-state index contributed by atoms with van der Waals surface area (Å²) in [5.74, 6) is -4.58. The lowest BCUT2D eigenvalue weighted by molar-refractivity contribution is -0.387. The number of hydrogen-bond donors (Lipinski definition) is 1. The summed E-state index contributed by atoms with van der Waals surface area (Å²) in [5, 5.41) is 12.6. The van der Waals surface area contributed by atoms with E-state index in [9.17, 15) is 32.1 Å². The molecule has 1 rings (SSSR count). The number of nitro benzene ring substituents is 1. The van der Waals surface area contributed by atoms with Crippen molar-refractivity contribution in [2.75, 3.05) is 12.0 Å². The van der Waals surface area contributed by atoms with Crippen molar-refractivity contribution >= 4 is 21.4 Å². The molecule has 0 fully saturated rings. The Hall–Kier alpha value is -2.10. The van der Waals surface area contributed by atoms with Gasteiger partial charge in [-0.05, 0) is 13.0 Å². The van der Waals surface area contributed by atoms with E-state index in [0.717, 1.165) is 6.26 Å². The van der Waals surface area contributed by atoms with Gasteiger partial charge in [-0.25, -0.2) is 12.8 Å². The highest BCUT2D eigenvalue weighted by Crippen LogP contribution is 2.23. The van der Waals surface area contributed by atoms with Crippen LogP contribution in [0, 0.1) is 21.7 Å². The van der Waals surface area contributed by atoms with Gasteiger partial charge in [0.1, 0.15) is 21.2 Å². The van der Waals surface area contributed by atoms with Crippen LogP contribution in [0.5, 0.6) is 0 Å². The van der Waals surface area contributed by atoms with Gasteiger partial charge in [0.25, 0.3) is 5.91 Å². The summed E-state index contributed by atoms with van der Waals surface area (Å²) in [7, 11) is -3.40. The summed E-state index contributed by atoms with van der Waals surface area (Å²) < 4.78 is 49.3. The molecule has 1 N–H and O–H groups in total. The summed E-state index contributed by atoms with van der Waals surface area (Å²) in [5.41, 5.74) is -2.16. The van der Waals surface area contributed by atoms with E-state index in [1.807, 2.05) is 0 Å². The molecule has 1 aromatic carbocycles. The highest BCUT2D eigenvalue weighted by Gasteiger charge is 2.27. The molecule has 1 amide bonds. The molecule has 0 saturated heterocycles. The smallest absolute Gasteiger partial charge is 0.305 e. The first-order valence-corrected chi connectivity index (χ1v) is 7.70. The lowest BCUT2D eigenvalue weighted by Gasteiger charge is -2.13. The van der Waals surface area contributed by atoms with E-state index in [4.69, 9.17) is 0 Å². The average molecular weight is 322 g/mol. The topological polar surface area (TPSA) is 106 Å². The Labute approximate surface area is 119 Å². The van der Waals surface area contributed by atoms with Crippen molar-refractivity contribution < 1.29 is 26.9 Å². The number of hydrogen-bond acceptors (Lipinski definition) is 5. The molecule has 10 heteroatoms. The molecule has 0 saturated carbocycles. The van der Waals surface area contributed by atoms with Crippen LogP contribution in [-0.4, -0.2) is 37.3 Å². The molecule has 0 bridgehead atoms. The number of nitrogens with one attached hydrogen (secondary N) is 1. The number of benzene rings is 1. The van der Waals surface area contributed by atoms with Gasteiger partial charge in [0.05, 0.1) is 10.7 Å². The van der Waals surface area contributed by atoms with Gasteiger partial charge in [-0.2, -0.15) is 4.39 Å². The van der Waals surface area contributed by atoms with Crippen LogP contribution >= 0.6 is 0 Å². The number of amides is 1. The van der Waals surface area contributed by atoms with E-state index in [-0.39, 0.29) is 0 Å². The fourth-order valence-electron chi connectivity index (χ4n) is 1.68. The minimum atomic E-state index is -3.40. The molecule has 0 aliphatic carbocycles. The van der Waals surface area contributed by atoms with E-state index < -0.39 is 55.3 Å². The molecule has 7 nitrogen and oxygen atoms in total. The van der Waals surface area contributed by atoms with E-state index >= 15 is 0 Å². The molecule has 0 aliphatic rings. The fourth-order valence-corrected chi connectivity index (χ4v) is 2.67. The molecule has 1 unspecified atom stereocenters. The van der Waals surface area contributed by atoms with E-state index in [0.29, 0.717) is 12.1 Å². The summed E-state index contributed by atoms with van der Waals surface area (Å²) in [6, 6.07) is 0.282. The number of sulfone groups is 1. The molecule has 0 heterocycles. The van der Waals surface area contributed by atoms with Crippen molar-refractivity contribution in [1.82, 2.24) is 5.32 Å². The third-order valence-corrected chi connectivity index (χ3v) is 3.53. The summed E-state index contributed by atoms with van der Waals surface area (Å²) in [4.78, 5) is 21.2. The summed E-state index contributed by atoms with van der Waals surface area (Å²) in [6.45, 7) is 1.33. The van der Waals surface area contributed by atoms with Crippen LogP contribution in [0.4, 0.5) is 14.5 Å². The Balaban J connectivity index is 3.08. The SMILES string of the molecule is CC(CS(C)(=O)=O)NC(=O)c1c(F)ccc([N+](=O)[O-])c1F. The largest absolute Gasteiger partial charge is 0.348 e. The lowest BCUT2D eigenvalue weighted by atomic mass is 10.1. The Morgan fingerprint density at radius 2 is 2.00 bits per heavy atom. The number of carbonyl (C=O) groups excluding carboxylic acids is 1.